The molecule has 0 saturated heterocycles. The molecule has 0 atom stereocenters. The zero-order valence-electron chi connectivity index (χ0n) is 8.04. The van der Waals surface area contributed by atoms with E-state index in [1.807, 2.05) is 6.92 Å². The molecule has 1 rings (SSSR count). The van der Waals surface area contributed by atoms with Crippen LogP contribution in [0.3, 0.4) is 0 Å². The molecule has 0 aliphatic rings. The topological polar surface area (TPSA) is 47.0 Å². The highest BCUT2D eigenvalue weighted by atomic mass is 32.1. The van der Waals surface area contributed by atoms with E-state index in [0.29, 0.717) is 6.61 Å². The van der Waals surface area contributed by atoms with Crippen molar-refractivity contribution in [3.05, 3.63) is 10.0 Å². The van der Waals surface area contributed by atoms with E-state index in [0.717, 1.165) is 29.7 Å². The Hall–Kier alpha value is -0.520. The molecule has 0 aliphatic carbocycles. The lowest BCUT2D eigenvalue weighted by Crippen LogP contribution is -2.11. The minimum Gasteiger partial charge on any atom is -0.374 e. The third-order valence-electron chi connectivity index (χ3n) is 1.46. The molecule has 1 aromatic heterocycles. The molecule has 1 aromatic rings. The molecule has 0 spiro atoms. The van der Waals surface area contributed by atoms with Gasteiger partial charge in [0.25, 0.3) is 0 Å². The monoisotopic (exact) mass is 201 g/mol. The van der Waals surface area contributed by atoms with Crippen LogP contribution >= 0.6 is 11.3 Å². The van der Waals surface area contributed by atoms with Gasteiger partial charge in [0.05, 0.1) is 0 Å². The molecule has 0 unspecified atom stereocenters. The molecule has 0 amide bonds. The number of ether oxygens (including phenoxy) is 1. The van der Waals surface area contributed by atoms with E-state index in [-0.39, 0.29) is 0 Å². The van der Waals surface area contributed by atoms with E-state index in [1.165, 1.54) is 0 Å². The average Bonchev–Trinajstić information content (AvgIpc) is 2.59. The van der Waals surface area contributed by atoms with Gasteiger partial charge in [-0.25, -0.2) is 0 Å². The van der Waals surface area contributed by atoms with Crippen molar-refractivity contribution < 1.29 is 4.74 Å². The van der Waals surface area contributed by atoms with E-state index in [2.05, 4.69) is 22.4 Å². The second kappa shape index (κ2) is 6.01. The summed E-state index contributed by atoms with van der Waals surface area (Å²) in [5.41, 5.74) is 0. The maximum atomic E-state index is 5.22. The van der Waals surface area contributed by atoms with E-state index in [4.69, 9.17) is 4.74 Å². The fourth-order valence-corrected chi connectivity index (χ4v) is 1.59. The van der Waals surface area contributed by atoms with Crippen molar-refractivity contribution in [2.24, 2.45) is 0 Å². The standard InChI is InChI=1S/C8H15N3OS/c1-3-9-5-7-10-11-8(13-7)6-12-4-2/h9H,3-6H2,1-2H3. The lowest BCUT2D eigenvalue weighted by molar-refractivity contribution is 0.133. The summed E-state index contributed by atoms with van der Waals surface area (Å²) >= 11 is 1.60. The van der Waals surface area contributed by atoms with Crippen molar-refractivity contribution in [1.29, 1.82) is 0 Å². The first kappa shape index (κ1) is 10.6. The maximum absolute atomic E-state index is 5.22. The van der Waals surface area contributed by atoms with Crippen molar-refractivity contribution in [1.82, 2.24) is 15.5 Å². The van der Waals surface area contributed by atoms with Gasteiger partial charge in [0.1, 0.15) is 16.6 Å². The first-order valence-electron chi connectivity index (χ1n) is 4.46. The lowest BCUT2D eigenvalue weighted by atomic mass is 10.6. The molecule has 0 radical (unpaired) electrons. The highest BCUT2D eigenvalue weighted by Crippen LogP contribution is 2.10. The summed E-state index contributed by atoms with van der Waals surface area (Å²) in [5, 5.41) is 13.2. The second-order valence-electron chi connectivity index (χ2n) is 2.51. The van der Waals surface area contributed by atoms with Crippen LogP contribution in [0.2, 0.25) is 0 Å². The van der Waals surface area contributed by atoms with Crippen LogP contribution in [0.4, 0.5) is 0 Å². The largest absolute Gasteiger partial charge is 0.374 e. The molecular weight excluding hydrogens is 186 g/mol. The van der Waals surface area contributed by atoms with Crippen molar-refractivity contribution in [3.8, 4) is 0 Å². The van der Waals surface area contributed by atoms with Gasteiger partial charge >= 0.3 is 0 Å². The lowest BCUT2D eigenvalue weighted by Gasteiger charge is -1.94. The summed E-state index contributed by atoms with van der Waals surface area (Å²) in [6.45, 7) is 7.12. The van der Waals surface area contributed by atoms with Crippen molar-refractivity contribution in [2.75, 3.05) is 13.2 Å². The van der Waals surface area contributed by atoms with Crippen molar-refractivity contribution in [3.63, 3.8) is 0 Å². The van der Waals surface area contributed by atoms with Crippen LogP contribution in [0.15, 0.2) is 0 Å². The highest BCUT2D eigenvalue weighted by molar-refractivity contribution is 7.11. The molecule has 74 valence electrons. The van der Waals surface area contributed by atoms with Gasteiger partial charge in [-0.3, -0.25) is 0 Å². The number of aromatic nitrogens is 2. The van der Waals surface area contributed by atoms with E-state index < -0.39 is 0 Å². The molecule has 0 saturated carbocycles. The van der Waals surface area contributed by atoms with Crippen LogP contribution in [0.25, 0.3) is 0 Å². The summed E-state index contributed by atoms with van der Waals surface area (Å²) in [5.74, 6) is 0. The molecule has 1 N–H and O–H groups in total. The number of nitrogens with one attached hydrogen (secondary N) is 1. The van der Waals surface area contributed by atoms with E-state index >= 15 is 0 Å². The molecule has 0 aromatic carbocycles. The minimum atomic E-state index is 0.584. The quantitative estimate of drug-likeness (QED) is 0.751. The van der Waals surface area contributed by atoms with Gasteiger partial charge in [-0.15, -0.1) is 10.2 Å². The maximum Gasteiger partial charge on any atom is 0.143 e. The molecule has 0 fully saturated rings. The number of hydrogen-bond acceptors (Lipinski definition) is 5. The van der Waals surface area contributed by atoms with Crippen molar-refractivity contribution in [2.45, 2.75) is 27.0 Å². The fraction of sp³-hybridized carbons (Fsp3) is 0.750. The average molecular weight is 201 g/mol. The zero-order chi connectivity index (χ0) is 9.52. The molecule has 0 aliphatic heterocycles. The zero-order valence-corrected chi connectivity index (χ0v) is 8.86. The Bertz CT molecular complexity index is 217. The van der Waals surface area contributed by atoms with E-state index in [1.54, 1.807) is 11.3 Å². The van der Waals surface area contributed by atoms with Gasteiger partial charge in [0.15, 0.2) is 0 Å². The molecule has 13 heavy (non-hydrogen) atoms. The fourth-order valence-electron chi connectivity index (χ4n) is 0.839. The summed E-state index contributed by atoms with van der Waals surface area (Å²) in [6.07, 6.45) is 0. The van der Waals surface area contributed by atoms with Crippen molar-refractivity contribution >= 4 is 11.3 Å². The van der Waals surface area contributed by atoms with Crippen LogP contribution in [0.5, 0.6) is 0 Å². The summed E-state index contributed by atoms with van der Waals surface area (Å²) < 4.78 is 5.22. The van der Waals surface area contributed by atoms with Gasteiger partial charge in [-0.2, -0.15) is 0 Å². The number of rotatable bonds is 6. The number of hydrogen-bond donors (Lipinski definition) is 1. The summed E-state index contributed by atoms with van der Waals surface area (Å²) in [6, 6.07) is 0. The molecule has 1 heterocycles. The Labute approximate surface area is 82.3 Å². The minimum absolute atomic E-state index is 0.584. The molecule has 5 heteroatoms. The Morgan fingerprint density at radius 1 is 1.31 bits per heavy atom. The SMILES string of the molecule is CCNCc1nnc(COCC)s1. The highest BCUT2D eigenvalue weighted by Gasteiger charge is 2.02. The Kier molecular flexibility index (Phi) is 4.88. The van der Waals surface area contributed by atoms with Crippen LogP contribution in [-0.4, -0.2) is 23.3 Å². The molecule has 0 bridgehead atoms. The van der Waals surface area contributed by atoms with E-state index in [9.17, 15) is 0 Å². The first-order chi connectivity index (χ1) is 6.36. The van der Waals surface area contributed by atoms with Gasteiger partial charge < -0.3 is 10.1 Å². The van der Waals surface area contributed by atoms with Crippen LogP contribution in [-0.2, 0) is 17.9 Å². The Morgan fingerprint density at radius 2 is 2.08 bits per heavy atom. The summed E-state index contributed by atoms with van der Waals surface area (Å²) in [7, 11) is 0. The van der Waals surface area contributed by atoms with Crippen LogP contribution < -0.4 is 5.32 Å². The summed E-state index contributed by atoms with van der Waals surface area (Å²) in [4.78, 5) is 0. The Morgan fingerprint density at radius 3 is 2.77 bits per heavy atom. The second-order valence-corrected chi connectivity index (χ2v) is 3.65. The first-order valence-corrected chi connectivity index (χ1v) is 5.28. The Balaban J connectivity index is 2.34. The van der Waals surface area contributed by atoms with Gasteiger partial charge in [-0.1, -0.05) is 18.3 Å². The number of nitrogens with zero attached hydrogens (tertiary/aromatic N) is 2. The van der Waals surface area contributed by atoms with Gasteiger partial charge in [0.2, 0.25) is 0 Å². The van der Waals surface area contributed by atoms with Gasteiger partial charge in [-0.05, 0) is 13.5 Å². The third kappa shape index (κ3) is 3.80. The predicted molar refractivity (Wildman–Crippen MR) is 52.6 cm³/mol. The molecular formula is C8H15N3OS. The van der Waals surface area contributed by atoms with Crippen LogP contribution in [0, 0.1) is 0 Å². The third-order valence-corrected chi connectivity index (χ3v) is 2.36. The normalized spacial score (nSPS) is 10.6. The van der Waals surface area contributed by atoms with Crippen LogP contribution in [0.1, 0.15) is 23.9 Å². The van der Waals surface area contributed by atoms with Gasteiger partial charge in [0, 0.05) is 13.2 Å². The molecule has 4 nitrogen and oxygen atoms in total. The predicted octanol–water partition coefficient (Wildman–Crippen LogP) is 1.18. The smallest absolute Gasteiger partial charge is 0.143 e.